The second kappa shape index (κ2) is 8.32. The summed E-state index contributed by atoms with van der Waals surface area (Å²) in [7, 11) is 0. The normalized spacial score (nSPS) is 16.1. The average Bonchev–Trinajstić information content (AvgIpc) is 3.12. The van der Waals surface area contributed by atoms with Gasteiger partial charge in [-0.05, 0) is 39.2 Å². The third-order valence-electron chi connectivity index (χ3n) is 5.70. The molecule has 0 unspecified atom stereocenters. The van der Waals surface area contributed by atoms with Crippen LogP contribution in [0.2, 0.25) is 0 Å². The first-order chi connectivity index (χ1) is 14.3. The lowest BCUT2D eigenvalue weighted by atomic mass is 9.98. The van der Waals surface area contributed by atoms with Gasteiger partial charge >= 0.3 is 0 Å². The lowest BCUT2D eigenvalue weighted by molar-refractivity contribution is 0.0811. The molecule has 1 fully saturated rings. The van der Waals surface area contributed by atoms with Crippen molar-refractivity contribution in [2.45, 2.75) is 51.6 Å². The third kappa shape index (κ3) is 4.47. The van der Waals surface area contributed by atoms with Crippen LogP contribution in [0.3, 0.4) is 0 Å². The van der Waals surface area contributed by atoms with Crippen LogP contribution in [-0.2, 0) is 6.42 Å². The van der Waals surface area contributed by atoms with E-state index in [9.17, 15) is 9.59 Å². The van der Waals surface area contributed by atoms with E-state index < -0.39 is 0 Å². The van der Waals surface area contributed by atoms with Crippen LogP contribution < -0.4 is 10.9 Å². The molecule has 0 bridgehead atoms. The Morgan fingerprint density at radius 2 is 1.90 bits per heavy atom. The molecule has 1 N–H and O–H groups in total. The maximum atomic E-state index is 12.9. The highest BCUT2D eigenvalue weighted by Gasteiger charge is 2.28. The highest BCUT2D eigenvalue weighted by Crippen LogP contribution is 2.21. The summed E-state index contributed by atoms with van der Waals surface area (Å²) in [4.78, 5) is 34.2. The summed E-state index contributed by atoms with van der Waals surface area (Å²) in [6, 6.07) is 10.2. The van der Waals surface area contributed by atoms with Crippen LogP contribution in [-0.4, -0.2) is 44.9 Å². The first-order valence-corrected chi connectivity index (χ1v) is 11.2. The van der Waals surface area contributed by atoms with Crippen molar-refractivity contribution in [3.63, 3.8) is 0 Å². The lowest BCUT2D eigenvalue weighted by Crippen LogP contribution is -2.51. The third-order valence-corrected chi connectivity index (χ3v) is 6.70. The zero-order valence-electron chi connectivity index (χ0n) is 17.7. The lowest BCUT2D eigenvalue weighted by Gasteiger charge is -2.41. The first kappa shape index (κ1) is 20.8. The number of amides is 1. The molecule has 3 heterocycles. The van der Waals surface area contributed by atoms with Gasteiger partial charge in [0.15, 0.2) is 4.96 Å². The number of hydrogen-bond donors (Lipinski definition) is 1. The van der Waals surface area contributed by atoms with Gasteiger partial charge in [0.05, 0.1) is 0 Å². The molecule has 1 aliphatic rings. The molecule has 0 spiro atoms. The predicted molar refractivity (Wildman–Crippen MR) is 120 cm³/mol. The van der Waals surface area contributed by atoms with E-state index in [1.807, 2.05) is 18.2 Å². The quantitative estimate of drug-likeness (QED) is 0.698. The summed E-state index contributed by atoms with van der Waals surface area (Å²) in [6.45, 7) is 8.51. The topological polar surface area (TPSA) is 66.7 Å². The molecule has 0 radical (unpaired) electrons. The second-order valence-corrected chi connectivity index (χ2v) is 9.99. The number of hydrogen-bond acceptors (Lipinski definition) is 5. The van der Waals surface area contributed by atoms with E-state index in [1.54, 1.807) is 6.20 Å². The summed E-state index contributed by atoms with van der Waals surface area (Å²) in [5.41, 5.74) is 1.12. The Morgan fingerprint density at radius 1 is 1.20 bits per heavy atom. The van der Waals surface area contributed by atoms with Crippen LogP contribution in [0.4, 0.5) is 0 Å². The van der Waals surface area contributed by atoms with Gasteiger partial charge in [0.1, 0.15) is 5.56 Å². The minimum atomic E-state index is -0.327. The summed E-state index contributed by atoms with van der Waals surface area (Å²) < 4.78 is 1.50. The minimum absolute atomic E-state index is 0.0901. The average molecular weight is 425 g/mol. The summed E-state index contributed by atoms with van der Waals surface area (Å²) >= 11 is 1.48. The van der Waals surface area contributed by atoms with Gasteiger partial charge in [-0.2, -0.15) is 0 Å². The van der Waals surface area contributed by atoms with Crippen molar-refractivity contribution in [2.24, 2.45) is 0 Å². The molecule has 0 aliphatic carbocycles. The fourth-order valence-corrected chi connectivity index (χ4v) is 4.89. The standard InChI is InChI=1S/C23H28N4O2S/c1-23(2,3)26-11-9-17(10-12-26)25-20(28)19-14-24-22-27(21(19)29)15-18(30-22)13-16-7-5-4-6-8-16/h4-8,14-15,17H,9-13H2,1-3H3,(H,25,28). The number of fused-ring (bicyclic) bond motifs is 1. The Morgan fingerprint density at radius 3 is 2.57 bits per heavy atom. The van der Waals surface area contributed by atoms with E-state index in [0.717, 1.165) is 37.2 Å². The van der Waals surface area contributed by atoms with E-state index in [1.165, 1.54) is 27.5 Å². The van der Waals surface area contributed by atoms with E-state index in [-0.39, 0.29) is 28.6 Å². The molecule has 0 saturated carbocycles. The fourth-order valence-electron chi connectivity index (χ4n) is 3.92. The predicted octanol–water partition coefficient (Wildman–Crippen LogP) is 3.34. The van der Waals surface area contributed by atoms with Gasteiger partial charge in [-0.25, -0.2) is 4.98 Å². The van der Waals surface area contributed by atoms with Gasteiger partial charge in [0, 0.05) is 48.4 Å². The van der Waals surface area contributed by atoms with Crippen molar-refractivity contribution in [3.8, 4) is 0 Å². The maximum absolute atomic E-state index is 12.9. The van der Waals surface area contributed by atoms with Crippen LogP contribution in [0.1, 0.15) is 54.4 Å². The largest absolute Gasteiger partial charge is 0.349 e. The number of aromatic nitrogens is 2. The number of piperidine rings is 1. The monoisotopic (exact) mass is 424 g/mol. The molecule has 158 valence electrons. The minimum Gasteiger partial charge on any atom is -0.349 e. The Labute approximate surface area is 180 Å². The summed E-state index contributed by atoms with van der Waals surface area (Å²) in [5, 5.41) is 3.04. The number of benzene rings is 1. The number of thiazole rings is 1. The molecule has 1 saturated heterocycles. The van der Waals surface area contributed by atoms with Crippen LogP contribution in [0.15, 0.2) is 47.5 Å². The zero-order chi connectivity index (χ0) is 21.3. The van der Waals surface area contributed by atoms with Gasteiger partial charge in [-0.3, -0.25) is 18.9 Å². The molecule has 3 aromatic rings. The molecule has 1 amide bonds. The molecule has 2 aromatic heterocycles. The van der Waals surface area contributed by atoms with Crippen molar-refractivity contribution < 1.29 is 4.79 Å². The molecule has 1 aliphatic heterocycles. The summed E-state index contributed by atoms with van der Waals surface area (Å²) in [5.74, 6) is -0.327. The highest BCUT2D eigenvalue weighted by molar-refractivity contribution is 7.17. The van der Waals surface area contributed by atoms with Crippen molar-refractivity contribution in [1.82, 2.24) is 19.6 Å². The van der Waals surface area contributed by atoms with Crippen molar-refractivity contribution in [1.29, 1.82) is 0 Å². The number of nitrogens with zero attached hydrogens (tertiary/aromatic N) is 3. The van der Waals surface area contributed by atoms with Crippen molar-refractivity contribution in [2.75, 3.05) is 13.1 Å². The van der Waals surface area contributed by atoms with Crippen LogP contribution in [0.25, 0.3) is 4.96 Å². The van der Waals surface area contributed by atoms with Crippen LogP contribution >= 0.6 is 11.3 Å². The van der Waals surface area contributed by atoms with E-state index >= 15 is 0 Å². The summed E-state index contributed by atoms with van der Waals surface area (Å²) in [6.07, 6.45) is 5.74. The smallest absolute Gasteiger partial charge is 0.271 e. The first-order valence-electron chi connectivity index (χ1n) is 10.4. The van der Waals surface area contributed by atoms with Gasteiger partial charge in [0.25, 0.3) is 11.5 Å². The van der Waals surface area contributed by atoms with Gasteiger partial charge in [-0.1, -0.05) is 30.3 Å². The molecule has 30 heavy (non-hydrogen) atoms. The molecule has 6 nitrogen and oxygen atoms in total. The Hall–Kier alpha value is -2.51. The number of nitrogens with one attached hydrogen (secondary N) is 1. The maximum Gasteiger partial charge on any atom is 0.271 e. The van der Waals surface area contributed by atoms with Gasteiger partial charge in [-0.15, -0.1) is 11.3 Å². The van der Waals surface area contributed by atoms with Gasteiger partial charge < -0.3 is 5.32 Å². The highest BCUT2D eigenvalue weighted by atomic mass is 32.1. The zero-order valence-corrected chi connectivity index (χ0v) is 18.5. The van der Waals surface area contributed by atoms with E-state index in [4.69, 9.17) is 0 Å². The van der Waals surface area contributed by atoms with Crippen LogP contribution in [0, 0.1) is 0 Å². The van der Waals surface area contributed by atoms with Crippen LogP contribution in [0.5, 0.6) is 0 Å². The SMILES string of the molecule is CC(C)(C)N1CCC(NC(=O)c2cnc3sc(Cc4ccccc4)cn3c2=O)CC1. The molecule has 7 heteroatoms. The number of likely N-dealkylation sites (tertiary alicyclic amines) is 1. The Balaban J connectivity index is 1.47. The van der Waals surface area contributed by atoms with Gasteiger partial charge in [0.2, 0.25) is 0 Å². The Bertz CT molecular complexity index is 1090. The van der Waals surface area contributed by atoms with E-state index in [2.05, 4.69) is 48.1 Å². The van der Waals surface area contributed by atoms with Crippen molar-refractivity contribution in [3.05, 3.63) is 69.1 Å². The molecular formula is C23H28N4O2S. The molecule has 4 rings (SSSR count). The van der Waals surface area contributed by atoms with E-state index in [0.29, 0.717) is 4.96 Å². The number of carbonyl (C=O) groups is 1. The second-order valence-electron chi connectivity index (χ2n) is 8.90. The molecule has 1 aromatic carbocycles. The van der Waals surface area contributed by atoms with Crippen molar-refractivity contribution >= 4 is 22.2 Å². The molecular weight excluding hydrogens is 396 g/mol. The number of rotatable bonds is 4. The Kier molecular flexibility index (Phi) is 5.75. The fraction of sp³-hybridized carbons (Fsp3) is 0.435. The number of carbonyl (C=O) groups excluding carboxylic acids is 1. The molecule has 0 atom stereocenters.